The minimum absolute atomic E-state index is 0.134. The van der Waals surface area contributed by atoms with E-state index in [1.54, 1.807) is 14.2 Å². The molecule has 0 heterocycles. The van der Waals surface area contributed by atoms with Crippen molar-refractivity contribution in [2.24, 2.45) is 5.73 Å². The third kappa shape index (κ3) is 2.05. The fourth-order valence-electron chi connectivity index (χ4n) is 2.70. The quantitative estimate of drug-likeness (QED) is 0.851. The molecule has 17 heavy (non-hydrogen) atoms. The van der Waals surface area contributed by atoms with Crippen molar-refractivity contribution in [3.8, 4) is 5.75 Å². The molecular formula is C14H21NO2. The Hall–Kier alpha value is -1.06. The number of hydrogen-bond acceptors (Lipinski definition) is 3. The van der Waals surface area contributed by atoms with Crippen LogP contribution >= 0.6 is 0 Å². The van der Waals surface area contributed by atoms with E-state index in [9.17, 15) is 0 Å². The maximum absolute atomic E-state index is 5.96. The minimum atomic E-state index is 0.134. The van der Waals surface area contributed by atoms with Gasteiger partial charge in [0.2, 0.25) is 0 Å². The molecule has 0 aromatic heterocycles. The third-order valence-electron chi connectivity index (χ3n) is 3.87. The van der Waals surface area contributed by atoms with Crippen molar-refractivity contribution in [3.05, 3.63) is 29.3 Å². The molecule has 1 aliphatic rings. The van der Waals surface area contributed by atoms with Crippen LogP contribution in [0.3, 0.4) is 0 Å². The van der Waals surface area contributed by atoms with Crippen LogP contribution in [0.5, 0.6) is 5.75 Å². The molecule has 3 heteroatoms. The van der Waals surface area contributed by atoms with Gasteiger partial charge in [-0.25, -0.2) is 0 Å². The summed E-state index contributed by atoms with van der Waals surface area (Å²) in [5.41, 5.74) is 8.45. The van der Waals surface area contributed by atoms with Crippen LogP contribution in [0, 0.1) is 0 Å². The van der Waals surface area contributed by atoms with Crippen molar-refractivity contribution in [3.63, 3.8) is 0 Å². The fourth-order valence-corrected chi connectivity index (χ4v) is 2.70. The van der Waals surface area contributed by atoms with Crippen molar-refractivity contribution < 1.29 is 9.47 Å². The van der Waals surface area contributed by atoms with Crippen LogP contribution in [0.15, 0.2) is 18.2 Å². The summed E-state index contributed by atoms with van der Waals surface area (Å²) in [4.78, 5) is 0. The van der Waals surface area contributed by atoms with Crippen LogP contribution in [-0.2, 0) is 16.8 Å². The largest absolute Gasteiger partial charge is 0.496 e. The van der Waals surface area contributed by atoms with E-state index in [0.29, 0.717) is 13.2 Å². The highest BCUT2D eigenvalue weighted by molar-refractivity contribution is 5.47. The van der Waals surface area contributed by atoms with Crippen LogP contribution in [0.4, 0.5) is 0 Å². The molecule has 2 N–H and O–H groups in total. The molecule has 1 fully saturated rings. The normalized spacial score (nSPS) is 17.6. The van der Waals surface area contributed by atoms with E-state index < -0.39 is 0 Å². The molecule has 0 aliphatic heterocycles. The van der Waals surface area contributed by atoms with E-state index in [1.165, 1.54) is 12.0 Å². The first-order valence-electron chi connectivity index (χ1n) is 6.13. The molecule has 1 aromatic rings. The number of benzene rings is 1. The minimum Gasteiger partial charge on any atom is -0.496 e. The SMILES string of the molecule is COCc1cccc(C2(CN)CCC2)c1OC. The molecule has 1 aliphatic carbocycles. The van der Waals surface area contributed by atoms with Gasteiger partial charge in [-0.15, -0.1) is 0 Å². The summed E-state index contributed by atoms with van der Waals surface area (Å²) in [6, 6.07) is 6.26. The fraction of sp³-hybridized carbons (Fsp3) is 0.571. The molecule has 0 radical (unpaired) electrons. The Bertz CT molecular complexity index is 380. The van der Waals surface area contributed by atoms with Crippen molar-refractivity contribution in [1.29, 1.82) is 0 Å². The lowest BCUT2D eigenvalue weighted by Crippen LogP contribution is -2.41. The highest BCUT2D eigenvalue weighted by Gasteiger charge is 2.39. The summed E-state index contributed by atoms with van der Waals surface area (Å²) in [5, 5.41) is 0. The van der Waals surface area contributed by atoms with Gasteiger partial charge in [0.1, 0.15) is 5.75 Å². The van der Waals surface area contributed by atoms with Gasteiger partial charge in [-0.2, -0.15) is 0 Å². The van der Waals surface area contributed by atoms with Crippen LogP contribution in [0.1, 0.15) is 30.4 Å². The Morgan fingerprint density at radius 1 is 1.29 bits per heavy atom. The first kappa shape index (κ1) is 12.4. The lowest BCUT2D eigenvalue weighted by Gasteiger charge is -2.42. The van der Waals surface area contributed by atoms with Crippen LogP contribution in [-0.4, -0.2) is 20.8 Å². The molecule has 3 nitrogen and oxygen atoms in total. The Morgan fingerprint density at radius 2 is 2.06 bits per heavy atom. The van der Waals surface area contributed by atoms with E-state index >= 15 is 0 Å². The molecule has 94 valence electrons. The standard InChI is InChI=1S/C14H21NO2/c1-16-9-11-5-3-6-12(13(11)17-2)14(10-15)7-4-8-14/h3,5-6H,4,7-10,15H2,1-2H3. The van der Waals surface area contributed by atoms with Gasteiger partial charge >= 0.3 is 0 Å². The maximum atomic E-state index is 5.96. The molecule has 0 unspecified atom stereocenters. The van der Waals surface area contributed by atoms with Gasteiger partial charge in [-0.3, -0.25) is 0 Å². The van der Waals surface area contributed by atoms with Crippen molar-refractivity contribution in [2.75, 3.05) is 20.8 Å². The molecule has 0 atom stereocenters. The monoisotopic (exact) mass is 235 g/mol. The molecular weight excluding hydrogens is 214 g/mol. The number of hydrogen-bond donors (Lipinski definition) is 1. The predicted octanol–water partition coefficient (Wildman–Crippen LogP) is 2.22. The van der Waals surface area contributed by atoms with Gasteiger partial charge in [-0.1, -0.05) is 24.6 Å². The van der Waals surface area contributed by atoms with Gasteiger partial charge < -0.3 is 15.2 Å². The van der Waals surface area contributed by atoms with Gasteiger partial charge in [0.05, 0.1) is 13.7 Å². The molecule has 0 saturated heterocycles. The second-order valence-electron chi connectivity index (χ2n) is 4.77. The lowest BCUT2D eigenvalue weighted by atomic mass is 9.64. The number of rotatable bonds is 5. The Balaban J connectivity index is 2.42. The molecule has 0 bridgehead atoms. The topological polar surface area (TPSA) is 44.5 Å². The van der Waals surface area contributed by atoms with Crippen LogP contribution in [0.25, 0.3) is 0 Å². The first-order chi connectivity index (χ1) is 8.27. The van der Waals surface area contributed by atoms with E-state index in [4.69, 9.17) is 15.2 Å². The first-order valence-corrected chi connectivity index (χ1v) is 6.13. The molecule has 2 rings (SSSR count). The third-order valence-corrected chi connectivity index (χ3v) is 3.87. The van der Waals surface area contributed by atoms with Gasteiger partial charge in [0.25, 0.3) is 0 Å². The van der Waals surface area contributed by atoms with E-state index in [2.05, 4.69) is 18.2 Å². The maximum Gasteiger partial charge on any atom is 0.128 e. The Morgan fingerprint density at radius 3 is 2.53 bits per heavy atom. The summed E-state index contributed by atoms with van der Waals surface area (Å²) >= 11 is 0. The lowest BCUT2D eigenvalue weighted by molar-refractivity contribution is 0.180. The molecule has 1 aromatic carbocycles. The number of nitrogens with two attached hydrogens (primary N) is 1. The highest BCUT2D eigenvalue weighted by atomic mass is 16.5. The van der Waals surface area contributed by atoms with E-state index in [1.807, 2.05) is 0 Å². The number of methoxy groups -OCH3 is 2. The molecule has 1 saturated carbocycles. The van der Waals surface area contributed by atoms with Crippen molar-refractivity contribution in [1.82, 2.24) is 0 Å². The summed E-state index contributed by atoms with van der Waals surface area (Å²) in [7, 11) is 3.43. The highest BCUT2D eigenvalue weighted by Crippen LogP contribution is 2.47. The zero-order valence-corrected chi connectivity index (χ0v) is 10.7. The zero-order valence-electron chi connectivity index (χ0n) is 10.7. The van der Waals surface area contributed by atoms with Crippen molar-refractivity contribution in [2.45, 2.75) is 31.3 Å². The van der Waals surface area contributed by atoms with E-state index in [0.717, 1.165) is 24.2 Å². The van der Waals surface area contributed by atoms with Gasteiger partial charge in [0, 0.05) is 30.2 Å². The average molecular weight is 235 g/mol. The number of para-hydroxylation sites is 1. The van der Waals surface area contributed by atoms with Crippen molar-refractivity contribution >= 4 is 0 Å². The molecule has 0 spiro atoms. The molecule has 0 amide bonds. The van der Waals surface area contributed by atoms with Crippen LogP contribution < -0.4 is 10.5 Å². The summed E-state index contributed by atoms with van der Waals surface area (Å²) in [6.45, 7) is 1.28. The van der Waals surface area contributed by atoms with Gasteiger partial charge in [-0.05, 0) is 12.8 Å². The van der Waals surface area contributed by atoms with E-state index in [-0.39, 0.29) is 5.41 Å². The van der Waals surface area contributed by atoms with Crippen LogP contribution in [0.2, 0.25) is 0 Å². The van der Waals surface area contributed by atoms with Gasteiger partial charge in [0.15, 0.2) is 0 Å². The average Bonchev–Trinajstić information content (AvgIpc) is 2.29. The summed E-state index contributed by atoms with van der Waals surface area (Å²) in [5.74, 6) is 0.958. The second-order valence-corrected chi connectivity index (χ2v) is 4.77. The smallest absolute Gasteiger partial charge is 0.128 e. The summed E-state index contributed by atoms with van der Waals surface area (Å²) < 4.78 is 10.8. The Kier molecular flexibility index (Phi) is 3.69. The zero-order chi connectivity index (χ0) is 12.3. The summed E-state index contributed by atoms with van der Waals surface area (Å²) in [6.07, 6.45) is 3.58. The number of ether oxygens (including phenoxy) is 2. The second kappa shape index (κ2) is 5.07. The Labute approximate surface area is 103 Å². The predicted molar refractivity (Wildman–Crippen MR) is 68.3 cm³/mol.